The van der Waals surface area contributed by atoms with Crippen molar-refractivity contribution in [2.24, 2.45) is 0 Å². The van der Waals surface area contributed by atoms with E-state index < -0.39 is 0 Å². The Labute approximate surface area is 70.6 Å². The lowest BCUT2D eigenvalue weighted by molar-refractivity contribution is 0.215. The van der Waals surface area contributed by atoms with Crippen molar-refractivity contribution in [2.45, 2.75) is 18.9 Å². The number of aromatic nitrogens is 1. The molecule has 1 unspecified atom stereocenters. The van der Waals surface area contributed by atoms with Gasteiger partial charge in [-0.05, 0) is 12.5 Å². The highest BCUT2D eigenvalue weighted by atomic mass is 16.5. The van der Waals surface area contributed by atoms with Crippen molar-refractivity contribution in [1.29, 1.82) is 5.26 Å². The first kappa shape index (κ1) is 7.11. The second-order valence-corrected chi connectivity index (χ2v) is 2.74. The van der Waals surface area contributed by atoms with Crippen molar-refractivity contribution in [3.8, 4) is 11.9 Å². The van der Waals surface area contributed by atoms with Gasteiger partial charge in [-0.1, -0.05) is 6.07 Å². The molecular formula is C9H8N2O. The number of nitriles is 1. The summed E-state index contributed by atoms with van der Waals surface area (Å²) in [5.41, 5.74) is 1.10. The van der Waals surface area contributed by atoms with Crippen LogP contribution in [0, 0.1) is 11.3 Å². The van der Waals surface area contributed by atoms with Gasteiger partial charge in [0.05, 0.1) is 0 Å². The lowest BCUT2D eigenvalue weighted by Gasteiger charge is -2.19. The van der Waals surface area contributed by atoms with Crippen LogP contribution in [-0.4, -0.2) is 11.1 Å². The minimum absolute atomic E-state index is 0.313. The molecule has 3 nitrogen and oxygen atoms in total. The van der Waals surface area contributed by atoms with E-state index in [0.717, 1.165) is 18.4 Å². The van der Waals surface area contributed by atoms with Gasteiger partial charge in [0.2, 0.25) is 5.88 Å². The average Bonchev–Trinajstić information content (AvgIpc) is 2.17. The van der Waals surface area contributed by atoms with Crippen LogP contribution in [-0.2, 0) is 6.42 Å². The topological polar surface area (TPSA) is 45.9 Å². The minimum Gasteiger partial charge on any atom is -0.459 e. The smallest absolute Gasteiger partial charge is 0.217 e. The van der Waals surface area contributed by atoms with Gasteiger partial charge in [-0.25, -0.2) is 4.98 Å². The second kappa shape index (κ2) is 2.82. The fourth-order valence-electron chi connectivity index (χ4n) is 1.29. The van der Waals surface area contributed by atoms with E-state index in [9.17, 15) is 0 Å². The molecular weight excluding hydrogens is 152 g/mol. The fraction of sp³-hybridized carbons (Fsp3) is 0.333. The molecule has 0 bridgehead atoms. The zero-order chi connectivity index (χ0) is 8.39. The Morgan fingerprint density at radius 2 is 2.58 bits per heavy atom. The SMILES string of the molecule is N#CC1CCc2cccnc2O1. The summed E-state index contributed by atoms with van der Waals surface area (Å²) in [6.07, 6.45) is 3.03. The highest BCUT2D eigenvalue weighted by Crippen LogP contribution is 2.23. The Morgan fingerprint density at radius 3 is 3.42 bits per heavy atom. The molecule has 1 atom stereocenters. The number of rotatable bonds is 0. The Hall–Kier alpha value is -1.56. The molecule has 2 heterocycles. The maximum absolute atomic E-state index is 8.61. The number of hydrogen-bond acceptors (Lipinski definition) is 3. The van der Waals surface area contributed by atoms with Gasteiger partial charge in [0.15, 0.2) is 6.10 Å². The maximum Gasteiger partial charge on any atom is 0.217 e. The molecule has 0 amide bonds. The van der Waals surface area contributed by atoms with Crippen LogP contribution in [0.25, 0.3) is 0 Å². The minimum atomic E-state index is -0.313. The summed E-state index contributed by atoms with van der Waals surface area (Å²) in [6.45, 7) is 0. The van der Waals surface area contributed by atoms with E-state index in [1.54, 1.807) is 6.20 Å². The quantitative estimate of drug-likeness (QED) is 0.574. The highest BCUT2D eigenvalue weighted by molar-refractivity contribution is 5.28. The number of hydrogen-bond donors (Lipinski definition) is 0. The largest absolute Gasteiger partial charge is 0.459 e. The second-order valence-electron chi connectivity index (χ2n) is 2.74. The molecule has 0 aromatic carbocycles. The molecule has 0 saturated carbocycles. The molecule has 0 fully saturated rings. The molecule has 3 heteroatoms. The predicted molar refractivity (Wildman–Crippen MR) is 42.6 cm³/mol. The summed E-state index contributed by atoms with van der Waals surface area (Å²) in [4.78, 5) is 4.04. The lowest BCUT2D eigenvalue weighted by atomic mass is 10.1. The molecule has 12 heavy (non-hydrogen) atoms. The molecule has 2 rings (SSSR count). The number of aryl methyl sites for hydroxylation is 1. The van der Waals surface area contributed by atoms with Crippen LogP contribution < -0.4 is 4.74 Å². The molecule has 0 aliphatic carbocycles. The first-order chi connectivity index (χ1) is 5.90. The van der Waals surface area contributed by atoms with E-state index in [2.05, 4.69) is 11.1 Å². The molecule has 1 aliphatic heterocycles. The van der Waals surface area contributed by atoms with Crippen molar-refractivity contribution < 1.29 is 4.74 Å². The van der Waals surface area contributed by atoms with Crippen molar-refractivity contribution >= 4 is 0 Å². The third-order valence-corrected chi connectivity index (χ3v) is 1.92. The summed E-state index contributed by atoms with van der Waals surface area (Å²) in [5.74, 6) is 0.621. The average molecular weight is 160 g/mol. The molecule has 0 radical (unpaired) electrons. The Morgan fingerprint density at radius 1 is 1.67 bits per heavy atom. The molecule has 0 saturated heterocycles. The normalized spacial score (nSPS) is 20.4. The zero-order valence-corrected chi connectivity index (χ0v) is 6.53. The van der Waals surface area contributed by atoms with Gasteiger partial charge < -0.3 is 4.74 Å². The van der Waals surface area contributed by atoms with E-state index in [1.165, 1.54) is 0 Å². The van der Waals surface area contributed by atoms with Crippen LogP contribution >= 0.6 is 0 Å². The third kappa shape index (κ3) is 1.12. The Kier molecular flexibility index (Phi) is 1.67. The van der Waals surface area contributed by atoms with Crippen molar-refractivity contribution in [1.82, 2.24) is 4.98 Å². The summed E-state index contributed by atoms with van der Waals surface area (Å²) >= 11 is 0. The van der Waals surface area contributed by atoms with Crippen LogP contribution in [0.5, 0.6) is 5.88 Å². The first-order valence-corrected chi connectivity index (χ1v) is 3.90. The van der Waals surface area contributed by atoms with E-state index in [-0.39, 0.29) is 6.10 Å². The van der Waals surface area contributed by atoms with Gasteiger partial charge in [-0.3, -0.25) is 0 Å². The van der Waals surface area contributed by atoms with E-state index >= 15 is 0 Å². The van der Waals surface area contributed by atoms with Crippen LogP contribution in [0.15, 0.2) is 18.3 Å². The van der Waals surface area contributed by atoms with Gasteiger partial charge >= 0.3 is 0 Å². The highest BCUT2D eigenvalue weighted by Gasteiger charge is 2.19. The summed E-state index contributed by atoms with van der Waals surface area (Å²) in [5, 5.41) is 8.61. The number of fused-ring (bicyclic) bond motifs is 1. The maximum atomic E-state index is 8.61. The number of ether oxygens (including phenoxy) is 1. The molecule has 0 N–H and O–H groups in total. The Bertz CT molecular complexity index is 330. The zero-order valence-electron chi connectivity index (χ0n) is 6.53. The summed E-state index contributed by atoms with van der Waals surface area (Å²) in [6, 6.07) is 5.95. The van der Waals surface area contributed by atoms with Gasteiger partial charge in [-0.2, -0.15) is 5.26 Å². The van der Waals surface area contributed by atoms with Gasteiger partial charge in [0, 0.05) is 18.2 Å². The van der Waals surface area contributed by atoms with Gasteiger partial charge in [-0.15, -0.1) is 0 Å². The summed E-state index contributed by atoms with van der Waals surface area (Å²) in [7, 11) is 0. The van der Waals surface area contributed by atoms with Gasteiger partial charge in [0.1, 0.15) is 6.07 Å². The third-order valence-electron chi connectivity index (χ3n) is 1.92. The number of nitrogens with zero attached hydrogens (tertiary/aromatic N) is 2. The van der Waals surface area contributed by atoms with Crippen LogP contribution in [0.1, 0.15) is 12.0 Å². The standard InChI is InChI=1S/C9H8N2O/c10-6-8-4-3-7-2-1-5-11-9(7)12-8/h1-2,5,8H,3-4H2. The number of pyridine rings is 1. The predicted octanol–water partition coefficient (Wildman–Crippen LogP) is 1.30. The molecule has 1 aromatic rings. The lowest BCUT2D eigenvalue weighted by Crippen LogP contribution is -2.21. The first-order valence-electron chi connectivity index (χ1n) is 3.90. The molecule has 1 aromatic heterocycles. The van der Waals surface area contributed by atoms with Crippen molar-refractivity contribution in [3.63, 3.8) is 0 Å². The van der Waals surface area contributed by atoms with Crippen LogP contribution in [0.3, 0.4) is 0 Å². The van der Waals surface area contributed by atoms with E-state index in [4.69, 9.17) is 10.00 Å². The van der Waals surface area contributed by atoms with Crippen LogP contribution in [0.4, 0.5) is 0 Å². The van der Waals surface area contributed by atoms with Crippen molar-refractivity contribution in [3.05, 3.63) is 23.9 Å². The molecule has 60 valence electrons. The van der Waals surface area contributed by atoms with E-state index in [1.807, 2.05) is 12.1 Å². The summed E-state index contributed by atoms with van der Waals surface area (Å²) < 4.78 is 5.31. The van der Waals surface area contributed by atoms with Crippen LogP contribution in [0.2, 0.25) is 0 Å². The fourth-order valence-corrected chi connectivity index (χ4v) is 1.29. The van der Waals surface area contributed by atoms with Crippen molar-refractivity contribution in [2.75, 3.05) is 0 Å². The Balaban J connectivity index is 2.30. The molecule has 0 spiro atoms. The monoisotopic (exact) mass is 160 g/mol. The molecule has 1 aliphatic rings. The van der Waals surface area contributed by atoms with E-state index in [0.29, 0.717) is 5.88 Å². The van der Waals surface area contributed by atoms with Gasteiger partial charge in [0.25, 0.3) is 0 Å².